The van der Waals surface area contributed by atoms with Crippen molar-refractivity contribution < 1.29 is 0 Å². The molecule has 0 aromatic heterocycles. The van der Waals surface area contributed by atoms with Crippen LogP contribution in [0.4, 0.5) is 5.69 Å². The monoisotopic (exact) mass is 257 g/mol. The Labute approximate surface area is 108 Å². The molecule has 16 heavy (non-hydrogen) atoms. The predicted molar refractivity (Wildman–Crippen MR) is 75.6 cm³/mol. The number of anilines is 1. The normalized spacial score (nSPS) is 12.2. The molecule has 1 aromatic rings. The molecule has 0 aliphatic heterocycles. The Hall–Kier alpha value is -0.340. The third-order valence-corrected chi connectivity index (χ3v) is 3.86. The van der Waals surface area contributed by atoms with Gasteiger partial charge in [-0.2, -0.15) is 0 Å². The van der Waals surface area contributed by atoms with Crippen molar-refractivity contribution in [3.63, 3.8) is 0 Å². The SMILES string of the molecule is CC(C)Sc1c(N)cc(C(C)(C)C)cc1Cl. The fourth-order valence-electron chi connectivity index (χ4n) is 1.41. The summed E-state index contributed by atoms with van der Waals surface area (Å²) in [6, 6.07) is 4.07. The summed E-state index contributed by atoms with van der Waals surface area (Å²) < 4.78 is 0. The maximum Gasteiger partial charge on any atom is 0.0565 e. The quantitative estimate of drug-likeness (QED) is 0.613. The minimum Gasteiger partial charge on any atom is -0.398 e. The average molecular weight is 258 g/mol. The van der Waals surface area contributed by atoms with Crippen LogP contribution in [0.15, 0.2) is 17.0 Å². The number of rotatable bonds is 2. The van der Waals surface area contributed by atoms with Crippen molar-refractivity contribution in [3.05, 3.63) is 22.7 Å². The van der Waals surface area contributed by atoms with Crippen LogP contribution in [0.25, 0.3) is 0 Å². The van der Waals surface area contributed by atoms with Crippen LogP contribution in [0.5, 0.6) is 0 Å². The molecule has 0 bridgehead atoms. The second-order valence-corrected chi connectivity index (χ2v) is 7.29. The molecule has 1 aromatic carbocycles. The molecule has 0 spiro atoms. The molecule has 0 radical (unpaired) electrons. The summed E-state index contributed by atoms with van der Waals surface area (Å²) in [4.78, 5) is 1.00. The summed E-state index contributed by atoms with van der Waals surface area (Å²) in [6.45, 7) is 10.8. The van der Waals surface area contributed by atoms with Gasteiger partial charge in [0, 0.05) is 15.8 Å². The van der Waals surface area contributed by atoms with Crippen LogP contribution in [-0.4, -0.2) is 5.25 Å². The number of nitrogens with two attached hydrogens (primary N) is 1. The molecule has 0 atom stereocenters. The number of hydrogen-bond donors (Lipinski definition) is 1. The molecule has 90 valence electrons. The molecule has 2 N–H and O–H groups in total. The zero-order valence-corrected chi connectivity index (χ0v) is 12.2. The van der Waals surface area contributed by atoms with Gasteiger partial charge in [0.25, 0.3) is 0 Å². The Morgan fingerprint density at radius 2 is 1.81 bits per heavy atom. The maximum atomic E-state index is 6.28. The Kier molecular flexibility index (Phi) is 4.19. The standard InChI is InChI=1S/C13H20ClNS/c1-8(2)16-12-10(14)6-9(7-11(12)15)13(3,4)5/h6-8H,15H2,1-5H3. The van der Waals surface area contributed by atoms with Crippen molar-refractivity contribution >= 4 is 29.1 Å². The van der Waals surface area contributed by atoms with Crippen LogP contribution >= 0.6 is 23.4 Å². The molecule has 0 heterocycles. The lowest BCUT2D eigenvalue weighted by atomic mass is 9.87. The van der Waals surface area contributed by atoms with Gasteiger partial charge >= 0.3 is 0 Å². The predicted octanol–water partition coefficient (Wildman–Crippen LogP) is 4.72. The zero-order chi connectivity index (χ0) is 12.5. The van der Waals surface area contributed by atoms with Crippen molar-refractivity contribution in [2.75, 3.05) is 5.73 Å². The van der Waals surface area contributed by atoms with E-state index in [9.17, 15) is 0 Å². The van der Waals surface area contributed by atoms with Crippen LogP contribution in [0.3, 0.4) is 0 Å². The summed E-state index contributed by atoms with van der Waals surface area (Å²) in [6.07, 6.45) is 0. The first-order valence-electron chi connectivity index (χ1n) is 5.48. The molecule has 0 unspecified atom stereocenters. The van der Waals surface area contributed by atoms with Crippen molar-refractivity contribution in [1.82, 2.24) is 0 Å². The van der Waals surface area contributed by atoms with Crippen LogP contribution in [0.2, 0.25) is 5.02 Å². The second kappa shape index (κ2) is 4.89. The third-order valence-electron chi connectivity index (χ3n) is 2.29. The van der Waals surface area contributed by atoms with Gasteiger partial charge in [0.1, 0.15) is 0 Å². The van der Waals surface area contributed by atoms with E-state index in [2.05, 4.69) is 34.6 Å². The van der Waals surface area contributed by atoms with Gasteiger partial charge in [0.2, 0.25) is 0 Å². The van der Waals surface area contributed by atoms with Gasteiger partial charge in [0.15, 0.2) is 0 Å². The number of nitrogen functional groups attached to an aromatic ring is 1. The molecule has 1 nitrogen and oxygen atoms in total. The first-order chi connectivity index (χ1) is 7.21. The van der Waals surface area contributed by atoms with Gasteiger partial charge in [-0.05, 0) is 23.1 Å². The summed E-state index contributed by atoms with van der Waals surface area (Å²) in [7, 11) is 0. The summed E-state index contributed by atoms with van der Waals surface area (Å²) in [5.74, 6) is 0. The van der Waals surface area contributed by atoms with Gasteiger partial charge in [0.05, 0.1) is 5.02 Å². The Morgan fingerprint density at radius 1 is 1.25 bits per heavy atom. The lowest BCUT2D eigenvalue weighted by Gasteiger charge is -2.21. The van der Waals surface area contributed by atoms with Gasteiger partial charge in [-0.3, -0.25) is 0 Å². The van der Waals surface area contributed by atoms with E-state index in [4.69, 9.17) is 17.3 Å². The Balaban J connectivity index is 3.18. The van der Waals surface area contributed by atoms with Crippen molar-refractivity contribution in [2.24, 2.45) is 0 Å². The highest BCUT2D eigenvalue weighted by molar-refractivity contribution is 8.00. The summed E-state index contributed by atoms with van der Waals surface area (Å²) in [5.41, 5.74) is 8.12. The van der Waals surface area contributed by atoms with Crippen molar-refractivity contribution in [1.29, 1.82) is 0 Å². The van der Waals surface area contributed by atoms with E-state index in [1.807, 2.05) is 12.1 Å². The van der Waals surface area contributed by atoms with Crippen molar-refractivity contribution in [2.45, 2.75) is 50.2 Å². The molecule has 3 heteroatoms. The van der Waals surface area contributed by atoms with E-state index in [-0.39, 0.29) is 5.41 Å². The molecule has 0 saturated carbocycles. The number of halogens is 1. The molecule has 0 fully saturated rings. The van der Waals surface area contributed by atoms with Gasteiger partial charge in [-0.1, -0.05) is 46.2 Å². The number of thioether (sulfide) groups is 1. The fraction of sp³-hybridized carbons (Fsp3) is 0.538. The highest BCUT2D eigenvalue weighted by atomic mass is 35.5. The number of benzene rings is 1. The topological polar surface area (TPSA) is 26.0 Å². The largest absolute Gasteiger partial charge is 0.398 e. The highest BCUT2D eigenvalue weighted by Crippen LogP contribution is 2.38. The van der Waals surface area contributed by atoms with Crippen LogP contribution in [0.1, 0.15) is 40.2 Å². The fourth-order valence-corrected chi connectivity index (χ4v) is 2.61. The van der Waals surface area contributed by atoms with Gasteiger partial charge in [-0.15, -0.1) is 11.8 Å². The van der Waals surface area contributed by atoms with Crippen LogP contribution in [0, 0.1) is 0 Å². The molecular formula is C13H20ClNS. The van der Waals surface area contributed by atoms with Crippen LogP contribution in [-0.2, 0) is 5.41 Å². The summed E-state index contributed by atoms with van der Waals surface area (Å²) >= 11 is 8.00. The van der Waals surface area contributed by atoms with E-state index in [1.165, 1.54) is 5.56 Å². The lowest BCUT2D eigenvalue weighted by Crippen LogP contribution is -2.12. The minimum atomic E-state index is 0.0821. The summed E-state index contributed by atoms with van der Waals surface area (Å²) in [5, 5.41) is 1.25. The highest BCUT2D eigenvalue weighted by Gasteiger charge is 2.17. The lowest BCUT2D eigenvalue weighted by molar-refractivity contribution is 0.590. The maximum absolute atomic E-state index is 6.28. The van der Waals surface area contributed by atoms with E-state index in [0.717, 1.165) is 15.6 Å². The van der Waals surface area contributed by atoms with Crippen molar-refractivity contribution in [3.8, 4) is 0 Å². The molecule has 1 rings (SSSR count). The first-order valence-corrected chi connectivity index (χ1v) is 6.73. The number of hydrogen-bond acceptors (Lipinski definition) is 2. The molecule has 0 aliphatic rings. The Bertz CT molecular complexity index is 357. The Morgan fingerprint density at radius 3 is 2.19 bits per heavy atom. The average Bonchev–Trinajstić information content (AvgIpc) is 2.09. The van der Waals surface area contributed by atoms with E-state index < -0.39 is 0 Å². The molecule has 0 saturated heterocycles. The van der Waals surface area contributed by atoms with Crippen LogP contribution < -0.4 is 5.73 Å². The van der Waals surface area contributed by atoms with E-state index in [0.29, 0.717) is 5.25 Å². The van der Waals surface area contributed by atoms with Gasteiger partial charge in [-0.25, -0.2) is 0 Å². The first kappa shape index (κ1) is 13.7. The smallest absolute Gasteiger partial charge is 0.0565 e. The van der Waals surface area contributed by atoms with Gasteiger partial charge < -0.3 is 5.73 Å². The molecule has 0 aliphatic carbocycles. The molecular weight excluding hydrogens is 238 g/mol. The third kappa shape index (κ3) is 3.33. The molecule has 0 amide bonds. The minimum absolute atomic E-state index is 0.0821. The second-order valence-electron chi connectivity index (χ2n) is 5.29. The van der Waals surface area contributed by atoms with E-state index in [1.54, 1.807) is 11.8 Å². The van der Waals surface area contributed by atoms with E-state index >= 15 is 0 Å². The zero-order valence-electron chi connectivity index (χ0n) is 10.6.